The van der Waals surface area contributed by atoms with Crippen LogP contribution in [-0.4, -0.2) is 49.5 Å². The molecule has 7 nitrogen and oxygen atoms in total. The van der Waals surface area contributed by atoms with Crippen LogP contribution in [0.25, 0.3) is 5.78 Å². The third kappa shape index (κ3) is 2.40. The van der Waals surface area contributed by atoms with Gasteiger partial charge in [0.05, 0.1) is 0 Å². The Morgan fingerprint density at radius 2 is 2.20 bits per heavy atom. The smallest absolute Gasteiger partial charge is 0.255 e. The predicted octanol–water partition coefficient (Wildman–Crippen LogP) is 1.20. The molecule has 0 bridgehead atoms. The van der Waals surface area contributed by atoms with Crippen molar-refractivity contribution in [1.82, 2.24) is 24.5 Å². The second-order valence-corrected chi connectivity index (χ2v) is 5.22. The van der Waals surface area contributed by atoms with Gasteiger partial charge in [-0.3, -0.25) is 4.79 Å². The van der Waals surface area contributed by atoms with Crippen molar-refractivity contribution in [2.75, 3.05) is 18.4 Å². The minimum Gasteiger partial charge on any atom is -0.358 e. The standard InChI is InChI=1S/C12H15ClN6O/c1-8(11(20)18-4-2-3-5-18)16-10-6-9(13)17-12-14-7-15-19(10)12/h6-8,16H,2-5H2,1H3. The Labute approximate surface area is 121 Å². The summed E-state index contributed by atoms with van der Waals surface area (Å²) in [6, 6.07) is 1.29. The van der Waals surface area contributed by atoms with E-state index in [1.54, 1.807) is 6.07 Å². The number of amides is 1. The summed E-state index contributed by atoms with van der Waals surface area (Å²) in [5.41, 5.74) is 0. The molecule has 0 aliphatic carbocycles. The molecular weight excluding hydrogens is 280 g/mol. The second kappa shape index (κ2) is 5.24. The van der Waals surface area contributed by atoms with Gasteiger partial charge in [0.25, 0.3) is 5.78 Å². The molecule has 1 atom stereocenters. The molecule has 2 aromatic heterocycles. The van der Waals surface area contributed by atoms with Crippen molar-refractivity contribution in [3.63, 3.8) is 0 Å². The minimum absolute atomic E-state index is 0.0868. The maximum Gasteiger partial charge on any atom is 0.255 e. The number of rotatable bonds is 3. The van der Waals surface area contributed by atoms with Gasteiger partial charge in [0.1, 0.15) is 23.3 Å². The first-order chi connectivity index (χ1) is 9.65. The van der Waals surface area contributed by atoms with Crippen molar-refractivity contribution in [2.45, 2.75) is 25.8 Å². The number of hydrogen-bond donors (Lipinski definition) is 1. The van der Waals surface area contributed by atoms with E-state index in [4.69, 9.17) is 11.6 Å². The summed E-state index contributed by atoms with van der Waals surface area (Å²) in [6.07, 6.45) is 3.55. The van der Waals surface area contributed by atoms with Gasteiger partial charge >= 0.3 is 0 Å². The lowest BCUT2D eigenvalue weighted by atomic mass is 10.3. The molecule has 1 N–H and O–H groups in total. The first-order valence-electron chi connectivity index (χ1n) is 6.57. The Morgan fingerprint density at radius 3 is 2.95 bits per heavy atom. The monoisotopic (exact) mass is 294 g/mol. The van der Waals surface area contributed by atoms with E-state index >= 15 is 0 Å². The number of hydrogen-bond acceptors (Lipinski definition) is 5. The van der Waals surface area contributed by atoms with Crippen LogP contribution in [0.15, 0.2) is 12.4 Å². The van der Waals surface area contributed by atoms with Crippen LogP contribution in [0.3, 0.4) is 0 Å². The SMILES string of the molecule is CC(Nc1cc(Cl)nc2ncnn12)C(=O)N1CCCC1. The molecular formula is C12H15ClN6O. The van der Waals surface area contributed by atoms with Gasteiger partial charge in [-0.2, -0.15) is 19.6 Å². The molecule has 1 unspecified atom stereocenters. The molecule has 106 valence electrons. The second-order valence-electron chi connectivity index (χ2n) is 4.83. The van der Waals surface area contributed by atoms with Crippen LogP contribution in [0.1, 0.15) is 19.8 Å². The number of nitrogens with one attached hydrogen (secondary N) is 1. The van der Waals surface area contributed by atoms with Gasteiger partial charge in [-0.25, -0.2) is 0 Å². The summed E-state index contributed by atoms with van der Waals surface area (Å²) in [5.74, 6) is 1.10. The molecule has 1 fully saturated rings. The largest absolute Gasteiger partial charge is 0.358 e. The maximum atomic E-state index is 12.3. The normalized spacial score (nSPS) is 16.6. The molecule has 3 heterocycles. The minimum atomic E-state index is -0.348. The first kappa shape index (κ1) is 13.1. The molecule has 20 heavy (non-hydrogen) atoms. The molecule has 0 aromatic carbocycles. The van der Waals surface area contributed by atoms with Gasteiger partial charge in [0.15, 0.2) is 0 Å². The van der Waals surface area contributed by atoms with E-state index in [0.29, 0.717) is 16.7 Å². The van der Waals surface area contributed by atoms with Gasteiger partial charge in [-0.1, -0.05) is 11.6 Å². The highest BCUT2D eigenvalue weighted by molar-refractivity contribution is 6.29. The van der Waals surface area contributed by atoms with Crippen LogP contribution >= 0.6 is 11.6 Å². The quantitative estimate of drug-likeness (QED) is 0.861. The van der Waals surface area contributed by atoms with Gasteiger partial charge < -0.3 is 10.2 Å². The van der Waals surface area contributed by atoms with Crippen molar-refractivity contribution in [3.8, 4) is 0 Å². The van der Waals surface area contributed by atoms with E-state index < -0.39 is 0 Å². The van der Waals surface area contributed by atoms with Crippen LogP contribution in [0.4, 0.5) is 5.82 Å². The zero-order valence-corrected chi connectivity index (χ0v) is 11.8. The third-order valence-corrected chi connectivity index (χ3v) is 3.57. The van der Waals surface area contributed by atoms with Crippen LogP contribution < -0.4 is 5.32 Å². The first-order valence-corrected chi connectivity index (χ1v) is 6.94. The molecule has 0 radical (unpaired) electrons. The number of carbonyl (C=O) groups excluding carboxylic acids is 1. The van der Waals surface area contributed by atoms with E-state index in [-0.39, 0.29) is 11.9 Å². The topological polar surface area (TPSA) is 75.4 Å². The molecule has 3 rings (SSSR count). The number of halogens is 1. The van der Waals surface area contributed by atoms with Gasteiger partial charge in [-0.15, -0.1) is 0 Å². The Hall–Kier alpha value is -1.89. The fourth-order valence-corrected chi connectivity index (χ4v) is 2.56. The number of aromatic nitrogens is 4. The van der Waals surface area contributed by atoms with E-state index in [9.17, 15) is 4.79 Å². The summed E-state index contributed by atoms with van der Waals surface area (Å²) in [4.78, 5) is 22.2. The molecule has 1 aliphatic rings. The van der Waals surface area contributed by atoms with Gasteiger partial charge in [-0.05, 0) is 19.8 Å². The number of likely N-dealkylation sites (tertiary alicyclic amines) is 1. The number of carbonyl (C=O) groups is 1. The van der Waals surface area contributed by atoms with Crippen LogP contribution in [0, 0.1) is 0 Å². The Kier molecular flexibility index (Phi) is 3.43. The van der Waals surface area contributed by atoms with Crippen molar-refractivity contribution in [1.29, 1.82) is 0 Å². The summed E-state index contributed by atoms with van der Waals surface area (Å²) in [6.45, 7) is 3.50. The Balaban J connectivity index is 1.81. The lowest BCUT2D eigenvalue weighted by Gasteiger charge is -2.21. The molecule has 1 amide bonds. The van der Waals surface area contributed by atoms with E-state index in [0.717, 1.165) is 25.9 Å². The Bertz CT molecular complexity index is 636. The summed E-state index contributed by atoms with van der Waals surface area (Å²) < 4.78 is 1.53. The average molecular weight is 295 g/mol. The van der Waals surface area contributed by atoms with E-state index in [2.05, 4.69) is 20.4 Å². The lowest BCUT2D eigenvalue weighted by molar-refractivity contribution is -0.130. The van der Waals surface area contributed by atoms with Crippen molar-refractivity contribution < 1.29 is 4.79 Å². The average Bonchev–Trinajstić information content (AvgIpc) is 3.08. The highest BCUT2D eigenvalue weighted by Gasteiger charge is 2.23. The summed E-state index contributed by atoms with van der Waals surface area (Å²) >= 11 is 5.94. The number of fused-ring (bicyclic) bond motifs is 1. The molecule has 8 heteroatoms. The van der Waals surface area contributed by atoms with Crippen molar-refractivity contribution in [2.24, 2.45) is 0 Å². The fraction of sp³-hybridized carbons (Fsp3) is 0.500. The van der Waals surface area contributed by atoms with Crippen LogP contribution in [0.5, 0.6) is 0 Å². The molecule has 1 aliphatic heterocycles. The molecule has 0 spiro atoms. The summed E-state index contributed by atoms with van der Waals surface area (Å²) in [7, 11) is 0. The molecule has 0 saturated carbocycles. The maximum absolute atomic E-state index is 12.3. The lowest BCUT2D eigenvalue weighted by Crippen LogP contribution is -2.40. The van der Waals surface area contributed by atoms with Crippen molar-refractivity contribution in [3.05, 3.63) is 17.5 Å². The zero-order valence-electron chi connectivity index (χ0n) is 11.1. The Morgan fingerprint density at radius 1 is 1.45 bits per heavy atom. The zero-order chi connectivity index (χ0) is 14.1. The van der Waals surface area contributed by atoms with Crippen LogP contribution in [0.2, 0.25) is 5.15 Å². The van der Waals surface area contributed by atoms with Gasteiger partial charge in [0, 0.05) is 19.2 Å². The predicted molar refractivity (Wildman–Crippen MR) is 74.7 cm³/mol. The van der Waals surface area contributed by atoms with Gasteiger partial charge in [0.2, 0.25) is 5.91 Å². The van der Waals surface area contributed by atoms with Crippen molar-refractivity contribution >= 4 is 29.1 Å². The molecule has 1 saturated heterocycles. The summed E-state index contributed by atoms with van der Waals surface area (Å²) in [5, 5.41) is 7.51. The van der Waals surface area contributed by atoms with E-state index in [1.165, 1.54) is 10.8 Å². The highest BCUT2D eigenvalue weighted by atomic mass is 35.5. The third-order valence-electron chi connectivity index (χ3n) is 3.37. The number of anilines is 1. The highest BCUT2D eigenvalue weighted by Crippen LogP contribution is 2.17. The number of nitrogens with zero attached hydrogens (tertiary/aromatic N) is 5. The van der Waals surface area contributed by atoms with E-state index in [1.807, 2.05) is 11.8 Å². The fourth-order valence-electron chi connectivity index (χ4n) is 2.38. The molecule has 2 aromatic rings. The van der Waals surface area contributed by atoms with Crippen LogP contribution in [-0.2, 0) is 4.79 Å².